The van der Waals surface area contributed by atoms with E-state index in [4.69, 9.17) is 0 Å². The molecule has 1 aliphatic rings. The first-order valence-electron chi connectivity index (χ1n) is 11.1. The Labute approximate surface area is 197 Å². The molecule has 0 atom stereocenters. The van der Waals surface area contributed by atoms with Gasteiger partial charge in [-0.25, -0.2) is 17.6 Å². The first-order chi connectivity index (χ1) is 16.6. The second-order valence-corrected chi connectivity index (χ2v) is 8.41. The van der Waals surface area contributed by atoms with E-state index in [1.54, 1.807) is 12.1 Å². The summed E-state index contributed by atoms with van der Waals surface area (Å²) in [5, 5.41) is 0. The molecular formula is C27H21F7O. The van der Waals surface area contributed by atoms with Crippen LogP contribution in [0, 0.1) is 23.3 Å². The van der Waals surface area contributed by atoms with E-state index in [1.807, 2.05) is 6.92 Å². The number of allylic oxidation sites excluding steroid dienone is 2. The lowest BCUT2D eigenvalue weighted by atomic mass is 9.85. The Morgan fingerprint density at radius 3 is 2.23 bits per heavy atom. The number of alkyl halides is 3. The molecule has 0 saturated heterocycles. The third kappa shape index (κ3) is 5.36. The molecular weight excluding hydrogens is 473 g/mol. The summed E-state index contributed by atoms with van der Waals surface area (Å²) in [6, 6.07) is 8.28. The summed E-state index contributed by atoms with van der Waals surface area (Å²) in [5.74, 6) is -4.30. The molecule has 4 rings (SSSR count). The third-order valence-corrected chi connectivity index (χ3v) is 5.98. The summed E-state index contributed by atoms with van der Waals surface area (Å²) in [6.07, 6.45) is -1.05. The molecule has 3 aromatic carbocycles. The maximum Gasteiger partial charge on any atom is 0.573 e. The topological polar surface area (TPSA) is 9.23 Å². The fourth-order valence-electron chi connectivity index (χ4n) is 4.30. The monoisotopic (exact) mass is 494 g/mol. The van der Waals surface area contributed by atoms with Crippen molar-refractivity contribution >= 4 is 5.57 Å². The van der Waals surface area contributed by atoms with Crippen molar-refractivity contribution in [2.75, 3.05) is 0 Å². The number of unbranched alkanes of at least 4 members (excludes halogenated alkanes) is 1. The van der Waals surface area contributed by atoms with E-state index in [-0.39, 0.29) is 35.1 Å². The second-order valence-electron chi connectivity index (χ2n) is 8.41. The molecule has 0 amide bonds. The number of benzene rings is 3. The van der Waals surface area contributed by atoms with E-state index in [0.717, 1.165) is 31.0 Å². The summed E-state index contributed by atoms with van der Waals surface area (Å²) in [4.78, 5) is 0. The van der Waals surface area contributed by atoms with Crippen LogP contribution in [0.1, 0.15) is 42.0 Å². The first kappa shape index (κ1) is 24.8. The van der Waals surface area contributed by atoms with Crippen LogP contribution in [-0.2, 0) is 19.3 Å². The minimum Gasteiger partial charge on any atom is -0.403 e. The highest BCUT2D eigenvalue weighted by atomic mass is 19.4. The molecule has 0 saturated carbocycles. The third-order valence-electron chi connectivity index (χ3n) is 5.98. The van der Waals surface area contributed by atoms with Gasteiger partial charge in [-0.05, 0) is 77.8 Å². The standard InChI is InChI=1S/C27H21F7O/c1-2-3-4-15-11-22(29)25(23(30)12-15)18-6-9-19-16(13-18)5-8-20(26(19)31)17-7-10-24(21(28)14-17)35-27(32,33)34/h5-8,10-12,14H,2-4,9,13H2,1H3. The fourth-order valence-corrected chi connectivity index (χ4v) is 4.30. The number of rotatable bonds is 6. The van der Waals surface area contributed by atoms with Gasteiger partial charge in [-0.1, -0.05) is 37.6 Å². The molecule has 35 heavy (non-hydrogen) atoms. The van der Waals surface area contributed by atoms with E-state index in [9.17, 15) is 26.3 Å². The van der Waals surface area contributed by atoms with Crippen molar-refractivity contribution in [1.82, 2.24) is 0 Å². The molecule has 0 heterocycles. The highest BCUT2D eigenvalue weighted by Crippen LogP contribution is 2.37. The van der Waals surface area contributed by atoms with Gasteiger partial charge in [0.1, 0.15) is 17.5 Å². The molecule has 8 heteroatoms. The SMILES string of the molecule is CCCCc1cc(F)c(C2=CCc3c(ccc(-c4ccc(OC(F)(F)F)c(F)c4)c3F)C2)c(F)c1. The van der Waals surface area contributed by atoms with E-state index in [0.29, 0.717) is 23.1 Å². The van der Waals surface area contributed by atoms with Crippen LogP contribution in [0.3, 0.4) is 0 Å². The maximum atomic E-state index is 15.3. The van der Waals surface area contributed by atoms with Crippen molar-refractivity contribution < 1.29 is 35.5 Å². The molecule has 184 valence electrons. The quantitative estimate of drug-likeness (QED) is 0.313. The molecule has 0 fully saturated rings. The van der Waals surface area contributed by atoms with Crippen molar-refractivity contribution in [3.05, 3.63) is 94.1 Å². The molecule has 3 aromatic rings. The Balaban J connectivity index is 1.61. The largest absolute Gasteiger partial charge is 0.573 e. The molecule has 1 nitrogen and oxygen atoms in total. The van der Waals surface area contributed by atoms with E-state index >= 15 is 4.39 Å². The molecule has 0 N–H and O–H groups in total. The Kier molecular flexibility index (Phi) is 6.92. The minimum absolute atomic E-state index is 0.00398. The zero-order valence-electron chi connectivity index (χ0n) is 18.7. The van der Waals surface area contributed by atoms with Gasteiger partial charge in [0.15, 0.2) is 11.6 Å². The van der Waals surface area contributed by atoms with Crippen molar-refractivity contribution in [3.8, 4) is 16.9 Å². The van der Waals surface area contributed by atoms with Crippen LogP contribution in [-0.4, -0.2) is 6.36 Å². The molecule has 1 aliphatic carbocycles. The van der Waals surface area contributed by atoms with Crippen molar-refractivity contribution in [2.45, 2.75) is 45.4 Å². The van der Waals surface area contributed by atoms with Crippen molar-refractivity contribution in [2.24, 2.45) is 0 Å². The van der Waals surface area contributed by atoms with Crippen LogP contribution in [0.15, 0.2) is 48.5 Å². The zero-order chi connectivity index (χ0) is 25.3. The summed E-state index contributed by atoms with van der Waals surface area (Å²) in [6.45, 7) is 1.99. The zero-order valence-corrected chi connectivity index (χ0v) is 18.7. The smallest absolute Gasteiger partial charge is 0.403 e. The van der Waals surface area contributed by atoms with Gasteiger partial charge in [0, 0.05) is 11.1 Å². The lowest BCUT2D eigenvalue weighted by molar-refractivity contribution is -0.275. The van der Waals surface area contributed by atoms with Crippen LogP contribution >= 0.6 is 0 Å². The number of hydrogen-bond donors (Lipinski definition) is 0. The number of halogens is 7. The summed E-state index contributed by atoms with van der Waals surface area (Å²) >= 11 is 0. The molecule has 0 aromatic heterocycles. The molecule has 0 radical (unpaired) electrons. The maximum absolute atomic E-state index is 15.3. The Morgan fingerprint density at radius 1 is 0.886 bits per heavy atom. The lowest BCUT2D eigenvalue weighted by Crippen LogP contribution is -2.17. The van der Waals surface area contributed by atoms with Crippen molar-refractivity contribution in [3.63, 3.8) is 0 Å². The number of aryl methyl sites for hydroxylation is 1. The van der Waals surface area contributed by atoms with Gasteiger partial charge in [-0.15, -0.1) is 13.2 Å². The first-order valence-corrected chi connectivity index (χ1v) is 11.1. The second kappa shape index (κ2) is 9.76. The number of hydrogen-bond acceptors (Lipinski definition) is 1. The van der Waals surface area contributed by atoms with Crippen LogP contribution in [0.5, 0.6) is 5.75 Å². The normalized spacial score (nSPS) is 13.4. The predicted molar refractivity (Wildman–Crippen MR) is 119 cm³/mol. The van der Waals surface area contributed by atoms with Gasteiger partial charge < -0.3 is 4.74 Å². The van der Waals surface area contributed by atoms with Crippen LogP contribution in [0.2, 0.25) is 0 Å². The molecule has 0 spiro atoms. The summed E-state index contributed by atoms with van der Waals surface area (Å²) < 4.78 is 99.7. The van der Waals surface area contributed by atoms with Crippen LogP contribution in [0.25, 0.3) is 16.7 Å². The van der Waals surface area contributed by atoms with E-state index in [2.05, 4.69) is 4.74 Å². The minimum atomic E-state index is -5.06. The Morgan fingerprint density at radius 2 is 1.60 bits per heavy atom. The average molecular weight is 494 g/mol. The Hall–Kier alpha value is -3.29. The average Bonchev–Trinajstić information content (AvgIpc) is 2.78. The van der Waals surface area contributed by atoms with Crippen LogP contribution < -0.4 is 4.74 Å². The number of ether oxygens (including phenoxy) is 1. The predicted octanol–water partition coefficient (Wildman–Crippen LogP) is 8.33. The highest BCUT2D eigenvalue weighted by molar-refractivity contribution is 5.74. The van der Waals surface area contributed by atoms with Gasteiger partial charge in [-0.2, -0.15) is 0 Å². The van der Waals surface area contributed by atoms with E-state index in [1.165, 1.54) is 18.2 Å². The van der Waals surface area contributed by atoms with Gasteiger partial charge in [0.25, 0.3) is 0 Å². The van der Waals surface area contributed by atoms with Gasteiger partial charge >= 0.3 is 6.36 Å². The van der Waals surface area contributed by atoms with Gasteiger partial charge in [-0.3, -0.25) is 0 Å². The van der Waals surface area contributed by atoms with E-state index < -0.39 is 35.4 Å². The van der Waals surface area contributed by atoms with Gasteiger partial charge in [0.2, 0.25) is 0 Å². The summed E-state index contributed by atoms with van der Waals surface area (Å²) in [7, 11) is 0. The number of fused-ring (bicyclic) bond motifs is 1. The van der Waals surface area contributed by atoms with Gasteiger partial charge in [0.05, 0.1) is 0 Å². The lowest BCUT2D eigenvalue weighted by Gasteiger charge is -2.21. The van der Waals surface area contributed by atoms with Crippen molar-refractivity contribution in [1.29, 1.82) is 0 Å². The highest BCUT2D eigenvalue weighted by Gasteiger charge is 2.32. The molecule has 0 aliphatic heterocycles. The van der Waals surface area contributed by atoms with Crippen LogP contribution in [0.4, 0.5) is 30.7 Å². The molecule has 0 bridgehead atoms. The fraction of sp³-hybridized carbons (Fsp3) is 0.259. The summed E-state index contributed by atoms with van der Waals surface area (Å²) in [5.41, 5.74) is 1.68. The molecule has 0 unspecified atom stereocenters. The Bertz CT molecular complexity index is 1270.